The summed E-state index contributed by atoms with van der Waals surface area (Å²) in [6, 6.07) is 1.53. The average Bonchev–Trinajstić information content (AvgIpc) is 2.37. The van der Waals surface area contributed by atoms with Gasteiger partial charge < -0.3 is 5.32 Å². The van der Waals surface area contributed by atoms with Crippen molar-refractivity contribution in [2.45, 2.75) is 70.9 Å². The molecule has 0 aromatic heterocycles. The zero-order valence-corrected chi connectivity index (χ0v) is 11.8. The van der Waals surface area contributed by atoms with Gasteiger partial charge in [0.05, 0.1) is 0 Å². The van der Waals surface area contributed by atoms with Crippen LogP contribution in [-0.2, 0) is 0 Å². The number of piperidine rings is 1. The molecule has 2 heteroatoms. The zero-order valence-electron chi connectivity index (χ0n) is 11.8. The molecule has 0 amide bonds. The van der Waals surface area contributed by atoms with Crippen LogP contribution in [0.2, 0.25) is 0 Å². The molecule has 1 saturated carbocycles. The number of nitrogens with one attached hydrogen (secondary N) is 1. The molecule has 0 radical (unpaired) electrons. The molecular weight excluding hydrogens is 208 g/mol. The van der Waals surface area contributed by atoms with Crippen molar-refractivity contribution in [3.05, 3.63) is 0 Å². The average molecular weight is 238 g/mol. The van der Waals surface area contributed by atoms with E-state index in [1.807, 2.05) is 0 Å². The van der Waals surface area contributed by atoms with Crippen LogP contribution < -0.4 is 5.32 Å². The van der Waals surface area contributed by atoms with Crippen molar-refractivity contribution >= 4 is 0 Å². The summed E-state index contributed by atoms with van der Waals surface area (Å²) in [6.07, 6.45) is 9.92. The molecule has 1 heterocycles. The monoisotopic (exact) mass is 238 g/mol. The molecule has 2 fully saturated rings. The molecule has 3 atom stereocenters. The van der Waals surface area contributed by atoms with Gasteiger partial charge >= 0.3 is 0 Å². The Morgan fingerprint density at radius 3 is 2.59 bits per heavy atom. The molecule has 1 N–H and O–H groups in total. The summed E-state index contributed by atoms with van der Waals surface area (Å²) in [6.45, 7) is 8.64. The smallest absolute Gasteiger partial charge is 0.0192 e. The van der Waals surface area contributed by atoms with Crippen molar-refractivity contribution in [3.63, 3.8) is 0 Å². The van der Waals surface area contributed by atoms with Crippen molar-refractivity contribution in [2.75, 3.05) is 19.6 Å². The standard InChI is InChI=1S/C15H30N2/c1-13-7-6-8-15(11-13)16-12-14(2)17-9-4-3-5-10-17/h13-16H,3-12H2,1-2H3. The van der Waals surface area contributed by atoms with Gasteiger partial charge in [-0.15, -0.1) is 0 Å². The van der Waals surface area contributed by atoms with Crippen LogP contribution in [0.3, 0.4) is 0 Å². The first-order valence-corrected chi connectivity index (χ1v) is 7.73. The highest BCUT2D eigenvalue weighted by Gasteiger charge is 2.21. The molecule has 2 aliphatic rings. The Kier molecular flexibility index (Phi) is 5.30. The van der Waals surface area contributed by atoms with Gasteiger partial charge in [-0.05, 0) is 51.6 Å². The van der Waals surface area contributed by atoms with E-state index in [1.54, 1.807) is 0 Å². The molecule has 1 saturated heterocycles. The number of likely N-dealkylation sites (tertiary alicyclic amines) is 1. The molecule has 17 heavy (non-hydrogen) atoms. The second kappa shape index (κ2) is 6.75. The minimum absolute atomic E-state index is 0.729. The number of nitrogens with zero attached hydrogens (tertiary/aromatic N) is 1. The lowest BCUT2D eigenvalue weighted by molar-refractivity contribution is 0.163. The van der Waals surface area contributed by atoms with Crippen molar-refractivity contribution in [1.82, 2.24) is 10.2 Å². The lowest BCUT2D eigenvalue weighted by Gasteiger charge is -2.34. The van der Waals surface area contributed by atoms with E-state index < -0.39 is 0 Å². The summed E-state index contributed by atoms with van der Waals surface area (Å²) < 4.78 is 0. The van der Waals surface area contributed by atoms with Gasteiger partial charge in [0, 0.05) is 18.6 Å². The summed E-state index contributed by atoms with van der Waals surface area (Å²) >= 11 is 0. The van der Waals surface area contributed by atoms with Gasteiger partial charge in [-0.1, -0.05) is 26.2 Å². The molecular formula is C15H30N2. The van der Waals surface area contributed by atoms with Crippen LogP contribution in [0.5, 0.6) is 0 Å². The van der Waals surface area contributed by atoms with Crippen LogP contribution in [0.4, 0.5) is 0 Å². The molecule has 1 aliphatic heterocycles. The summed E-state index contributed by atoms with van der Waals surface area (Å²) in [4.78, 5) is 2.67. The SMILES string of the molecule is CC1CCCC(NCC(C)N2CCCCC2)C1. The zero-order chi connectivity index (χ0) is 12.1. The van der Waals surface area contributed by atoms with Crippen LogP contribution in [0.1, 0.15) is 58.8 Å². The third kappa shape index (κ3) is 4.26. The summed E-state index contributed by atoms with van der Waals surface area (Å²) in [5.41, 5.74) is 0. The lowest BCUT2D eigenvalue weighted by Crippen LogP contribution is -2.46. The van der Waals surface area contributed by atoms with Crippen LogP contribution >= 0.6 is 0 Å². The lowest BCUT2D eigenvalue weighted by atomic mass is 9.87. The van der Waals surface area contributed by atoms with Gasteiger partial charge in [0.25, 0.3) is 0 Å². The minimum atomic E-state index is 0.729. The molecule has 3 unspecified atom stereocenters. The summed E-state index contributed by atoms with van der Waals surface area (Å²) in [5.74, 6) is 0.937. The van der Waals surface area contributed by atoms with E-state index in [-0.39, 0.29) is 0 Å². The van der Waals surface area contributed by atoms with Crippen LogP contribution in [-0.4, -0.2) is 36.6 Å². The Morgan fingerprint density at radius 1 is 1.12 bits per heavy atom. The fraction of sp³-hybridized carbons (Fsp3) is 1.00. The van der Waals surface area contributed by atoms with E-state index >= 15 is 0 Å². The van der Waals surface area contributed by atoms with Crippen molar-refractivity contribution in [2.24, 2.45) is 5.92 Å². The molecule has 0 aromatic carbocycles. The molecule has 0 bridgehead atoms. The molecule has 0 spiro atoms. The predicted octanol–water partition coefficient (Wildman–Crippen LogP) is 3.03. The maximum atomic E-state index is 3.81. The Balaban J connectivity index is 1.66. The first-order chi connectivity index (χ1) is 8.25. The van der Waals surface area contributed by atoms with E-state index in [2.05, 4.69) is 24.1 Å². The van der Waals surface area contributed by atoms with Gasteiger partial charge in [0.2, 0.25) is 0 Å². The van der Waals surface area contributed by atoms with Crippen molar-refractivity contribution in [1.29, 1.82) is 0 Å². The normalized spacial score (nSPS) is 33.5. The van der Waals surface area contributed by atoms with Gasteiger partial charge in [-0.3, -0.25) is 4.90 Å². The van der Waals surface area contributed by atoms with Gasteiger partial charge in [-0.2, -0.15) is 0 Å². The van der Waals surface area contributed by atoms with E-state index in [0.717, 1.165) is 18.0 Å². The van der Waals surface area contributed by atoms with Crippen LogP contribution in [0, 0.1) is 5.92 Å². The Hall–Kier alpha value is -0.0800. The van der Waals surface area contributed by atoms with Crippen LogP contribution in [0.15, 0.2) is 0 Å². The van der Waals surface area contributed by atoms with E-state index in [4.69, 9.17) is 0 Å². The Morgan fingerprint density at radius 2 is 1.88 bits per heavy atom. The second-order valence-corrected chi connectivity index (χ2v) is 6.32. The number of hydrogen-bond acceptors (Lipinski definition) is 2. The van der Waals surface area contributed by atoms with Gasteiger partial charge in [0.15, 0.2) is 0 Å². The quantitative estimate of drug-likeness (QED) is 0.810. The highest BCUT2D eigenvalue weighted by Crippen LogP contribution is 2.23. The third-order valence-electron chi connectivity index (χ3n) is 4.65. The Bertz CT molecular complexity index is 211. The van der Waals surface area contributed by atoms with E-state index in [0.29, 0.717) is 0 Å². The number of hydrogen-bond donors (Lipinski definition) is 1. The first kappa shape index (κ1) is 13.4. The number of rotatable bonds is 4. The topological polar surface area (TPSA) is 15.3 Å². The minimum Gasteiger partial charge on any atom is -0.312 e. The predicted molar refractivity (Wildman–Crippen MR) is 74.3 cm³/mol. The third-order valence-corrected chi connectivity index (χ3v) is 4.65. The highest BCUT2D eigenvalue weighted by atomic mass is 15.2. The highest BCUT2D eigenvalue weighted by molar-refractivity contribution is 4.79. The van der Waals surface area contributed by atoms with Gasteiger partial charge in [-0.25, -0.2) is 0 Å². The molecule has 1 aliphatic carbocycles. The summed E-state index contributed by atoms with van der Waals surface area (Å²) in [5, 5.41) is 3.81. The van der Waals surface area contributed by atoms with E-state index in [9.17, 15) is 0 Å². The van der Waals surface area contributed by atoms with Crippen LogP contribution in [0.25, 0.3) is 0 Å². The molecule has 2 rings (SSSR count). The Labute approximate surface area is 107 Å². The maximum Gasteiger partial charge on any atom is 0.0192 e. The van der Waals surface area contributed by atoms with Crippen molar-refractivity contribution in [3.8, 4) is 0 Å². The maximum absolute atomic E-state index is 3.81. The molecule has 0 aromatic rings. The van der Waals surface area contributed by atoms with Crippen molar-refractivity contribution < 1.29 is 0 Å². The largest absolute Gasteiger partial charge is 0.312 e. The molecule has 2 nitrogen and oxygen atoms in total. The van der Waals surface area contributed by atoms with Gasteiger partial charge in [0.1, 0.15) is 0 Å². The second-order valence-electron chi connectivity index (χ2n) is 6.32. The fourth-order valence-corrected chi connectivity index (χ4v) is 3.44. The molecule has 100 valence electrons. The fourth-order valence-electron chi connectivity index (χ4n) is 3.44. The first-order valence-electron chi connectivity index (χ1n) is 7.73. The summed E-state index contributed by atoms with van der Waals surface area (Å²) in [7, 11) is 0. The van der Waals surface area contributed by atoms with E-state index in [1.165, 1.54) is 64.6 Å².